The summed E-state index contributed by atoms with van der Waals surface area (Å²) in [5.41, 5.74) is -0.273. The summed E-state index contributed by atoms with van der Waals surface area (Å²) in [5.74, 6) is -0.229. The predicted octanol–water partition coefficient (Wildman–Crippen LogP) is 2.98. The van der Waals surface area contributed by atoms with Crippen molar-refractivity contribution in [3.8, 4) is 6.07 Å². The van der Waals surface area contributed by atoms with E-state index in [9.17, 15) is 14.9 Å². The van der Waals surface area contributed by atoms with Crippen molar-refractivity contribution in [1.82, 2.24) is 0 Å². The van der Waals surface area contributed by atoms with Gasteiger partial charge in [-0.15, -0.1) is 0 Å². The summed E-state index contributed by atoms with van der Waals surface area (Å²) < 4.78 is 5.03. The maximum Gasteiger partial charge on any atom is 0.270 e. The summed E-state index contributed by atoms with van der Waals surface area (Å²) in [7, 11) is 0. The van der Waals surface area contributed by atoms with Crippen molar-refractivity contribution < 1.29 is 14.1 Å². The molecule has 0 aliphatic carbocycles. The van der Waals surface area contributed by atoms with E-state index in [0.717, 1.165) is 6.07 Å². The molecule has 0 atom stereocenters. The average molecular weight is 268 g/mol. The fraction of sp³-hybridized carbons (Fsp3) is 0. The van der Waals surface area contributed by atoms with Crippen LogP contribution in [0.4, 0.5) is 5.69 Å². The van der Waals surface area contributed by atoms with Gasteiger partial charge >= 0.3 is 0 Å². The third kappa shape index (κ3) is 2.79. The molecule has 0 saturated heterocycles. The number of furan rings is 1. The molecule has 0 spiro atoms. The molecule has 0 aliphatic rings. The Morgan fingerprint density at radius 3 is 2.75 bits per heavy atom. The zero-order valence-electron chi connectivity index (χ0n) is 10.1. The fourth-order valence-electron chi connectivity index (χ4n) is 1.58. The van der Waals surface area contributed by atoms with Crippen molar-refractivity contribution in [2.75, 3.05) is 0 Å². The molecular weight excluding hydrogens is 260 g/mol. The zero-order valence-corrected chi connectivity index (χ0v) is 10.1. The molecule has 2 aromatic rings. The number of carbonyl (C=O) groups is 1. The summed E-state index contributed by atoms with van der Waals surface area (Å²) in [5, 5.41) is 19.7. The number of nitro benzene ring substituents is 1. The van der Waals surface area contributed by atoms with Crippen molar-refractivity contribution >= 4 is 17.5 Å². The lowest BCUT2D eigenvalue weighted by molar-refractivity contribution is -0.384. The lowest BCUT2D eigenvalue weighted by Gasteiger charge is -1.99. The fourth-order valence-corrected chi connectivity index (χ4v) is 1.58. The first-order valence-corrected chi connectivity index (χ1v) is 5.56. The standard InChI is InChI=1S/C14H8N2O4/c15-9-11(8-13-5-2-6-20-13)14(17)10-3-1-4-12(7-10)16(18)19/h1-8H/b11-8+. The van der Waals surface area contributed by atoms with Gasteiger partial charge < -0.3 is 4.42 Å². The zero-order chi connectivity index (χ0) is 14.5. The van der Waals surface area contributed by atoms with Gasteiger partial charge in [0.15, 0.2) is 0 Å². The van der Waals surface area contributed by atoms with E-state index in [-0.39, 0.29) is 16.8 Å². The minimum atomic E-state index is -0.598. The highest BCUT2D eigenvalue weighted by Crippen LogP contribution is 2.17. The molecular formula is C14H8N2O4. The topological polar surface area (TPSA) is 97.1 Å². The maximum absolute atomic E-state index is 12.1. The van der Waals surface area contributed by atoms with Crippen LogP contribution >= 0.6 is 0 Å². The smallest absolute Gasteiger partial charge is 0.270 e. The normalized spacial score (nSPS) is 10.8. The molecule has 1 aromatic carbocycles. The summed E-state index contributed by atoms with van der Waals surface area (Å²) in [6, 6.07) is 10.2. The van der Waals surface area contributed by atoms with Crippen LogP contribution < -0.4 is 0 Å². The van der Waals surface area contributed by atoms with Crippen molar-refractivity contribution in [2.24, 2.45) is 0 Å². The molecule has 0 aliphatic heterocycles. The van der Waals surface area contributed by atoms with Crippen LogP contribution in [-0.2, 0) is 0 Å². The van der Waals surface area contributed by atoms with E-state index in [0.29, 0.717) is 5.76 Å². The number of hydrogen-bond acceptors (Lipinski definition) is 5. The van der Waals surface area contributed by atoms with Crippen LogP contribution in [0.1, 0.15) is 16.1 Å². The Morgan fingerprint density at radius 1 is 1.35 bits per heavy atom. The van der Waals surface area contributed by atoms with Gasteiger partial charge in [-0.3, -0.25) is 14.9 Å². The summed E-state index contributed by atoms with van der Waals surface area (Å²) in [6.07, 6.45) is 2.71. The number of nitriles is 1. The van der Waals surface area contributed by atoms with Crippen molar-refractivity contribution in [2.45, 2.75) is 0 Å². The molecule has 0 bridgehead atoms. The first kappa shape index (κ1) is 13.2. The molecule has 1 heterocycles. The van der Waals surface area contributed by atoms with Crippen LogP contribution in [-0.4, -0.2) is 10.7 Å². The molecule has 1 aromatic heterocycles. The molecule has 0 saturated carbocycles. The van der Waals surface area contributed by atoms with Gasteiger partial charge in [-0.1, -0.05) is 12.1 Å². The van der Waals surface area contributed by atoms with E-state index in [4.69, 9.17) is 9.68 Å². The van der Waals surface area contributed by atoms with Crippen LogP contribution in [0.15, 0.2) is 52.7 Å². The Kier molecular flexibility index (Phi) is 3.72. The molecule has 98 valence electrons. The summed E-state index contributed by atoms with van der Waals surface area (Å²) in [6.45, 7) is 0. The van der Waals surface area contributed by atoms with Crippen LogP contribution in [0.2, 0.25) is 0 Å². The summed E-state index contributed by atoms with van der Waals surface area (Å²) >= 11 is 0. The Balaban J connectivity index is 2.37. The largest absolute Gasteiger partial charge is 0.465 e. The van der Waals surface area contributed by atoms with Gasteiger partial charge in [0.2, 0.25) is 5.78 Å². The van der Waals surface area contributed by atoms with Gasteiger partial charge in [0, 0.05) is 23.8 Å². The molecule has 6 heteroatoms. The third-order valence-electron chi connectivity index (χ3n) is 2.51. The molecule has 0 radical (unpaired) electrons. The Bertz CT molecular complexity index is 724. The van der Waals surface area contributed by atoms with Crippen LogP contribution in [0.3, 0.4) is 0 Å². The highest BCUT2D eigenvalue weighted by Gasteiger charge is 2.16. The Hall–Kier alpha value is -3.20. The first-order chi connectivity index (χ1) is 9.61. The van der Waals surface area contributed by atoms with Crippen molar-refractivity contribution in [1.29, 1.82) is 5.26 Å². The quantitative estimate of drug-likeness (QED) is 0.279. The van der Waals surface area contributed by atoms with Crippen LogP contribution in [0.25, 0.3) is 6.08 Å². The number of nitro groups is 1. The van der Waals surface area contributed by atoms with Crippen molar-refractivity contribution in [3.05, 3.63) is 69.7 Å². The van der Waals surface area contributed by atoms with E-state index in [1.54, 1.807) is 18.2 Å². The molecule has 0 amide bonds. The number of hydrogen-bond donors (Lipinski definition) is 0. The summed E-state index contributed by atoms with van der Waals surface area (Å²) in [4.78, 5) is 22.2. The predicted molar refractivity (Wildman–Crippen MR) is 69.7 cm³/mol. The minimum absolute atomic E-state index is 0.0820. The second-order valence-corrected chi connectivity index (χ2v) is 3.82. The van der Waals surface area contributed by atoms with Crippen LogP contribution in [0, 0.1) is 21.4 Å². The average Bonchev–Trinajstić information content (AvgIpc) is 2.97. The number of nitrogens with zero attached hydrogens (tertiary/aromatic N) is 2. The van der Waals surface area contributed by atoms with E-state index in [1.165, 1.54) is 30.5 Å². The molecule has 6 nitrogen and oxygen atoms in total. The second kappa shape index (κ2) is 5.63. The van der Waals surface area contributed by atoms with Gasteiger partial charge in [-0.05, 0) is 12.1 Å². The second-order valence-electron chi connectivity index (χ2n) is 3.82. The minimum Gasteiger partial charge on any atom is -0.465 e. The highest BCUT2D eigenvalue weighted by molar-refractivity contribution is 6.14. The number of benzene rings is 1. The van der Waals surface area contributed by atoms with E-state index < -0.39 is 10.7 Å². The molecule has 0 N–H and O–H groups in total. The Morgan fingerprint density at radius 2 is 2.15 bits per heavy atom. The number of ketones is 1. The van der Waals surface area contributed by atoms with E-state index in [2.05, 4.69) is 0 Å². The molecule has 2 rings (SSSR count). The van der Waals surface area contributed by atoms with Gasteiger partial charge in [-0.2, -0.15) is 5.26 Å². The van der Waals surface area contributed by atoms with Gasteiger partial charge in [0.25, 0.3) is 5.69 Å². The maximum atomic E-state index is 12.1. The SMILES string of the molecule is N#C/C(=C\c1ccco1)C(=O)c1cccc([N+](=O)[O-])c1. The highest BCUT2D eigenvalue weighted by atomic mass is 16.6. The molecule has 0 unspecified atom stereocenters. The van der Waals surface area contributed by atoms with Gasteiger partial charge in [0.05, 0.1) is 11.2 Å². The number of rotatable bonds is 4. The van der Waals surface area contributed by atoms with Gasteiger partial charge in [-0.25, -0.2) is 0 Å². The molecule has 0 fully saturated rings. The van der Waals surface area contributed by atoms with Crippen LogP contribution in [0.5, 0.6) is 0 Å². The Labute approximate surface area is 113 Å². The lowest BCUT2D eigenvalue weighted by atomic mass is 10.0. The van der Waals surface area contributed by atoms with Crippen molar-refractivity contribution in [3.63, 3.8) is 0 Å². The monoisotopic (exact) mass is 268 g/mol. The van der Waals surface area contributed by atoms with E-state index >= 15 is 0 Å². The molecule has 20 heavy (non-hydrogen) atoms. The third-order valence-corrected chi connectivity index (χ3v) is 2.51. The number of carbonyl (C=O) groups excluding carboxylic acids is 1. The van der Waals surface area contributed by atoms with E-state index in [1.807, 2.05) is 0 Å². The first-order valence-electron chi connectivity index (χ1n) is 5.56. The number of Topliss-reactive ketones (excluding diaryl/α,β-unsaturated/α-hetero) is 1. The van der Waals surface area contributed by atoms with Gasteiger partial charge in [0.1, 0.15) is 17.4 Å². The number of non-ortho nitro benzene ring substituents is 1. The number of allylic oxidation sites excluding steroid dienone is 1. The lowest BCUT2D eigenvalue weighted by Crippen LogP contribution is -2.02.